The zero-order valence-electron chi connectivity index (χ0n) is 10.4. The second kappa shape index (κ2) is 6.01. The van der Waals surface area contributed by atoms with Gasteiger partial charge in [0, 0.05) is 24.4 Å². The summed E-state index contributed by atoms with van der Waals surface area (Å²) >= 11 is 0. The molecule has 2 amide bonds. The van der Waals surface area contributed by atoms with Gasteiger partial charge >= 0.3 is 6.03 Å². The van der Waals surface area contributed by atoms with Crippen LogP contribution >= 0.6 is 0 Å². The molecule has 0 fully saturated rings. The Hall–Kier alpha value is -2.63. The lowest BCUT2D eigenvalue weighted by molar-refractivity contribution is 0.251. The fourth-order valence-corrected chi connectivity index (χ4v) is 1.59. The summed E-state index contributed by atoms with van der Waals surface area (Å²) in [6, 6.07) is 10.3. The van der Waals surface area contributed by atoms with E-state index < -0.39 is 23.4 Å². The van der Waals surface area contributed by atoms with Crippen LogP contribution in [0, 0.1) is 11.6 Å². The van der Waals surface area contributed by atoms with Crippen molar-refractivity contribution in [2.24, 2.45) is 0 Å². The van der Waals surface area contributed by atoms with E-state index in [9.17, 15) is 13.6 Å². The summed E-state index contributed by atoms with van der Waals surface area (Å²) in [6.45, 7) is 0.287. The molecule has 0 saturated heterocycles. The number of anilines is 1. The van der Waals surface area contributed by atoms with Crippen molar-refractivity contribution in [1.82, 2.24) is 5.32 Å². The quantitative estimate of drug-likeness (QED) is 0.756. The number of phenols is 1. The number of rotatable bonds is 3. The smallest absolute Gasteiger partial charge is 0.319 e. The molecule has 0 atom stereocenters. The lowest BCUT2D eigenvalue weighted by Gasteiger charge is -2.08. The van der Waals surface area contributed by atoms with E-state index in [0.29, 0.717) is 0 Å². The summed E-state index contributed by atoms with van der Waals surface area (Å²) in [5, 5.41) is 13.8. The van der Waals surface area contributed by atoms with Crippen molar-refractivity contribution in [2.45, 2.75) is 6.54 Å². The summed E-state index contributed by atoms with van der Waals surface area (Å²) in [5.41, 5.74) is 0.814. The number of carbonyl (C=O) groups is 1. The minimum atomic E-state index is -1.14. The Balaban J connectivity index is 1.95. The summed E-state index contributed by atoms with van der Waals surface area (Å²) < 4.78 is 26.2. The number of nitrogens with one attached hydrogen (secondary N) is 2. The lowest BCUT2D eigenvalue weighted by Crippen LogP contribution is -2.28. The monoisotopic (exact) mass is 278 g/mol. The maximum Gasteiger partial charge on any atom is 0.319 e. The van der Waals surface area contributed by atoms with Crippen LogP contribution in [0.25, 0.3) is 0 Å². The first-order valence-electron chi connectivity index (χ1n) is 5.83. The van der Waals surface area contributed by atoms with E-state index in [0.717, 1.165) is 17.7 Å². The van der Waals surface area contributed by atoms with Crippen molar-refractivity contribution >= 4 is 11.7 Å². The zero-order valence-corrected chi connectivity index (χ0v) is 10.4. The van der Waals surface area contributed by atoms with Gasteiger partial charge in [-0.3, -0.25) is 0 Å². The van der Waals surface area contributed by atoms with Gasteiger partial charge in [-0.25, -0.2) is 13.6 Å². The van der Waals surface area contributed by atoms with E-state index >= 15 is 0 Å². The number of aromatic hydroxyl groups is 1. The number of halogens is 2. The molecule has 0 aromatic heterocycles. The topological polar surface area (TPSA) is 61.4 Å². The predicted molar refractivity (Wildman–Crippen MR) is 70.3 cm³/mol. The van der Waals surface area contributed by atoms with E-state index in [2.05, 4.69) is 10.6 Å². The Morgan fingerprint density at radius 2 is 1.70 bits per heavy atom. The first-order valence-corrected chi connectivity index (χ1v) is 5.83. The van der Waals surface area contributed by atoms with E-state index in [4.69, 9.17) is 5.11 Å². The molecule has 2 rings (SSSR count). The van der Waals surface area contributed by atoms with Crippen LogP contribution < -0.4 is 10.6 Å². The predicted octanol–water partition coefficient (Wildman–Crippen LogP) is 2.99. The lowest BCUT2D eigenvalue weighted by atomic mass is 10.2. The highest BCUT2D eigenvalue weighted by atomic mass is 19.1. The van der Waals surface area contributed by atoms with Crippen LogP contribution in [0.4, 0.5) is 19.3 Å². The summed E-state index contributed by atoms with van der Waals surface area (Å²) in [6.07, 6.45) is 0. The van der Waals surface area contributed by atoms with Gasteiger partial charge in [-0.05, 0) is 5.56 Å². The molecule has 2 aromatic rings. The molecule has 0 aliphatic heterocycles. The van der Waals surface area contributed by atoms with Crippen LogP contribution in [0.1, 0.15) is 5.56 Å². The van der Waals surface area contributed by atoms with Crippen molar-refractivity contribution in [3.63, 3.8) is 0 Å². The minimum Gasteiger partial charge on any atom is -0.503 e. The molecule has 3 N–H and O–H groups in total. The number of benzene rings is 2. The average Bonchev–Trinajstić information content (AvgIpc) is 2.43. The Morgan fingerprint density at radius 1 is 1.10 bits per heavy atom. The molecule has 0 heterocycles. The molecule has 0 spiro atoms. The number of carbonyl (C=O) groups excluding carboxylic acids is 1. The van der Waals surface area contributed by atoms with Gasteiger partial charge in [0.25, 0.3) is 0 Å². The Morgan fingerprint density at radius 3 is 2.30 bits per heavy atom. The normalized spacial score (nSPS) is 10.1. The second-order valence-corrected chi connectivity index (χ2v) is 4.08. The van der Waals surface area contributed by atoms with Crippen molar-refractivity contribution in [2.75, 3.05) is 5.32 Å². The summed E-state index contributed by atoms with van der Waals surface area (Å²) in [4.78, 5) is 11.6. The average molecular weight is 278 g/mol. The molecule has 0 aliphatic carbocycles. The third kappa shape index (κ3) is 3.44. The first-order chi connectivity index (χ1) is 9.56. The molecule has 20 heavy (non-hydrogen) atoms. The van der Waals surface area contributed by atoms with Crippen LogP contribution in [0.15, 0.2) is 42.5 Å². The van der Waals surface area contributed by atoms with Crippen molar-refractivity contribution in [3.05, 3.63) is 59.7 Å². The maximum atomic E-state index is 13.1. The van der Waals surface area contributed by atoms with Crippen LogP contribution in [-0.4, -0.2) is 11.1 Å². The number of urea groups is 1. The van der Waals surface area contributed by atoms with Crippen LogP contribution in [0.3, 0.4) is 0 Å². The molecule has 0 radical (unpaired) electrons. The molecule has 0 saturated carbocycles. The molecule has 2 aromatic carbocycles. The summed E-state index contributed by atoms with van der Waals surface area (Å²) in [5.74, 6) is -3.34. The van der Waals surface area contributed by atoms with Crippen molar-refractivity contribution < 1.29 is 18.7 Å². The molecule has 4 nitrogen and oxygen atoms in total. The third-order valence-electron chi connectivity index (χ3n) is 2.57. The number of phenolic OH excluding ortho intramolecular Hbond substituents is 1. The first kappa shape index (κ1) is 13.8. The molecule has 6 heteroatoms. The van der Waals surface area contributed by atoms with Crippen LogP contribution in [-0.2, 0) is 6.54 Å². The standard InChI is InChI=1S/C14H12F2N2O2/c15-11-6-10(7-12(16)13(11)19)18-14(20)17-8-9-4-2-1-3-5-9/h1-7,19H,8H2,(H2,17,18,20). The third-order valence-corrected chi connectivity index (χ3v) is 2.57. The number of hydrogen-bond donors (Lipinski definition) is 3. The fraction of sp³-hybridized carbons (Fsp3) is 0.0714. The maximum absolute atomic E-state index is 13.1. The van der Waals surface area contributed by atoms with Crippen LogP contribution in [0.5, 0.6) is 5.75 Å². The van der Waals surface area contributed by atoms with Crippen molar-refractivity contribution in [3.8, 4) is 5.75 Å². The van der Waals surface area contributed by atoms with Crippen molar-refractivity contribution in [1.29, 1.82) is 0 Å². The van der Waals surface area contributed by atoms with Gasteiger partial charge in [0.1, 0.15) is 0 Å². The second-order valence-electron chi connectivity index (χ2n) is 4.08. The van der Waals surface area contributed by atoms with E-state index in [1.54, 1.807) is 0 Å². The largest absolute Gasteiger partial charge is 0.503 e. The van der Waals surface area contributed by atoms with Gasteiger partial charge in [-0.2, -0.15) is 0 Å². The Labute approximate surface area is 114 Å². The molecular weight excluding hydrogens is 266 g/mol. The Bertz CT molecular complexity index is 595. The van der Waals surface area contributed by atoms with E-state index in [-0.39, 0.29) is 12.2 Å². The van der Waals surface area contributed by atoms with Crippen LogP contribution in [0.2, 0.25) is 0 Å². The molecule has 0 unspecified atom stereocenters. The zero-order chi connectivity index (χ0) is 14.5. The van der Waals surface area contributed by atoms with Gasteiger partial charge < -0.3 is 15.7 Å². The minimum absolute atomic E-state index is 0.0802. The number of hydrogen-bond acceptors (Lipinski definition) is 2. The van der Waals surface area contributed by atoms with E-state index in [1.165, 1.54) is 0 Å². The molecular formula is C14H12F2N2O2. The highest BCUT2D eigenvalue weighted by Gasteiger charge is 2.11. The highest BCUT2D eigenvalue weighted by molar-refractivity contribution is 5.89. The summed E-state index contributed by atoms with van der Waals surface area (Å²) in [7, 11) is 0. The SMILES string of the molecule is O=C(NCc1ccccc1)Nc1cc(F)c(O)c(F)c1. The highest BCUT2D eigenvalue weighted by Crippen LogP contribution is 2.23. The van der Waals surface area contributed by atoms with Gasteiger partial charge in [0.15, 0.2) is 17.4 Å². The molecule has 104 valence electrons. The van der Waals surface area contributed by atoms with Gasteiger partial charge in [-0.15, -0.1) is 0 Å². The fourth-order valence-electron chi connectivity index (χ4n) is 1.59. The Kier molecular flexibility index (Phi) is 4.14. The van der Waals surface area contributed by atoms with Gasteiger partial charge in [0.2, 0.25) is 0 Å². The molecule has 0 aliphatic rings. The van der Waals surface area contributed by atoms with E-state index in [1.807, 2.05) is 30.3 Å². The number of amides is 2. The van der Waals surface area contributed by atoms with Gasteiger partial charge in [-0.1, -0.05) is 30.3 Å². The molecule has 0 bridgehead atoms. The van der Waals surface area contributed by atoms with Gasteiger partial charge in [0.05, 0.1) is 0 Å².